The summed E-state index contributed by atoms with van der Waals surface area (Å²) in [5.41, 5.74) is 11.5. The molecular weight excluding hydrogens is 278 g/mol. The third-order valence-corrected chi connectivity index (χ3v) is 3.75. The van der Waals surface area contributed by atoms with Crippen LogP contribution < -0.4 is 11.5 Å². The summed E-state index contributed by atoms with van der Waals surface area (Å²) in [5.74, 6) is 0.895. The van der Waals surface area contributed by atoms with Crippen molar-refractivity contribution in [3.8, 4) is 0 Å². The van der Waals surface area contributed by atoms with E-state index in [9.17, 15) is 4.79 Å². The van der Waals surface area contributed by atoms with Crippen LogP contribution in [0.1, 0.15) is 47.0 Å². The second-order valence-corrected chi connectivity index (χ2v) is 7.88. The minimum absolute atomic E-state index is 0.162. The van der Waals surface area contributed by atoms with E-state index >= 15 is 0 Å². The van der Waals surface area contributed by atoms with Crippen LogP contribution in [-0.4, -0.2) is 40.7 Å². The number of hydrogen-bond acceptors (Lipinski definition) is 5. The molecule has 0 atom stereocenters. The molecular formula is C13H29N3OS2. The highest BCUT2D eigenvalue weighted by molar-refractivity contribution is 8.68. The van der Waals surface area contributed by atoms with E-state index in [0.717, 1.165) is 18.6 Å². The fraction of sp³-hybridized carbons (Fsp3) is 0.923. The third kappa shape index (κ3) is 11.6. The van der Waals surface area contributed by atoms with E-state index in [1.54, 1.807) is 0 Å². The predicted molar refractivity (Wildman–Crippen MR) is 88.4 cm³/mol. The number of nitrogens with zero attached hydrogens (tertiary/aromatic N) is 1. The number of hydrogen-bond donors (Lipinski definition) is 3. The molecule has 6 heteroatoms. The first-order chi connectivity index (χ1) is 8.55. The summed E-state index contributed by atoms with van der Waals surface area (Å²) in [4.78, 5) is 14.0. The van der Waals surface area contributed by atoms with Gasteiger partial charge in [-0.2, -0.15) is 0 Å². The van der Waals surface area contributed by atoms with E-state index in [0.29, 0.717) is 19.5 Å². The summed E-state index contributed by atoms with van der Waals surface area (Å²) in [7, 11) is 1.39. The maximum absolute atomic E-state index is 12.1. The fourth-order valence-corrected chi connectivity index (χ4v) is 2.04. The molecule has 0 unspecified atom stereocenters. The third-order valence-electron chi connectivity index (χ3n) is 2.81. The van der Waals surface area contributed by atoms with Crippen LogP contribution in [0.3, 0.4) is 0 Å². The summed E-state index contributed by atoms with van der Waals surface area (Å²) in [6, 6.07) is 0. The Kier molecular flexibility index (Phi) is 8.43. The van der Waals surface area contributed by atoms with Crippen LogP contribution in [0.15, 0.2) is 0 Å². The van der Waals surface area contributed by atoms with Crippen molar-refractivity contribution in [2.75, 3.05) is 18.8 Å². The van der Waals surface area contributed by atoms with Gasteiger partial charge in [0.05, 0.1) is 0 Å². The molecule has 0 aromatic heterocycles. The Morgan fingerprint density at radius 1 is 1.11 bits per heavy atom. The van der Waals surface area contributed by atoms with Crippen molar-refractivity contribution in [1.29, 1.82) is 0 Å². The number of thiol groups is 1. The van der Waals surface area contributed by atoms with E-state index in [-0.39, 0.29) is 17.0 Å². The maximum atomic E-state index is 12.1. The number of nitrogens with two attached hydrogens (primary N) is 2. The van der Waals surface area contributed by atoms with Crippen LogP contribution in [0.2, 0.25) is 0 Å². The average molecular weight is 308 g/mol. The molecule has 0 heterocycles. The van der Waals surface area contributed by atoms with E-state index in [4.69, 9.17) is 11.5 Å². The zero-order chi connectivity index (χ0) is 15.1. The van der Waals surface area contributed by atoms with Gasteiger partial charge in [-0.3, -0.25) is 4.79 Å². The Hall–Kier alpha value is 0.0900. The molecule has 4 nitrogen and oxygen atoms in total. The van der Waals surface area contributed by atoms with Gasteiger partial charge in [0.2, 0.25) is 5.91 Å². The second kappa shape index (κ2) is 8.39. The largest absolute Gasteiger partial charge is 0.343 e. The van der Waals surface area contributed by atoms with Crippen LogP contribution in [0, 0.1) is 0 Å². The average Bonchev–Trinajstić information content (AvgIpc) is 2.23. The Balaban J connectivity index is 4.41. The van der Waals surface area contributed by atoms with Crippen molar-refractivity contribution in [3.05, 3.63) is 0 Å². The molecule has 19 heavy (non-hydrogen) atoms. The molecule has 0 aromatic rings. The summed E-state index contributed by atoms with van der Waals surface area (Å²) < 4.78 is 0. The molecule has 0 radical (unpaired) electrons. The molecule has 0 aliphatic carbocycles. The molecule has 1 amide bonds. The van der Waals surface area contributed by atoms with Crippen LogP contribution >= 0.6 is 22.5 Å². The quantitative estimate of drug-likeness (QED) is 0.450. The van der Waals surface area contributed by atoms with E-state index < -0.39 is 0 Å². The number of rotatable bonds is 9. The van der Waals surface area contributed by atoms with Gasteiger partial charge in [-0.25, -0.2) is 0 Å². The van der Waals surface area contributed by atoms with E-state index in [2.05, 4.69) is 11.7 Å². The first kappa shape index (κ1) is 19.1. The molecule has 0 aromatic carbocycles. The molecule has 0 aliphatic heterocycles. The zero-order valence-corrected chi connectivity index (χ0v) is 14.3. The lowest BCUT2D eigenvalue weighted by atomic mass is 10.00. The Morgan fingerprint density at radius 3 is 1.84 bits per heavy atom. The van der Waals surface area contributed by atoms with Crippen LogP contribution in [0.4, 0.5) is 0 Å². The lowest BCUT2D eigenvalue weighted by molar-refractivity contribution is -0.131. The van der Waals surface area contributed by atoms with Gasteiger partial charge in [-0.1, -0.05) is 10.8 Å². The normalized spacial score (nSPS) is 12.6. The lowest BCUT2D eigenvalue weighted by Gasteiger charge is -2.29. The van der Waals surface area contributed by atoms with Crippen molar-refractivity contribution in [2.24, 2.45) is 11.5 Å². The monoisotopic (exact) mass is 307 g/mol. The molecule has 0 rings (SSSR count). The number of carbonyl (C=O) groups excluding carboxylic acids is 1. The Morgan fingerprint density at radius 2 is 1.53 bits per heavy atom. The smallest absolute Gasteiger partial charge is 0.223 e. The summed E-state index contributed by atoms with van der Waals surface area (Å²) in [6.07, 6.45) is 2.10. The van der Waals surface area contributed by atoms with Crippen LogP contribution in [-0.2, 0) is 4.79 Å². The van der Waals surface area contributed by atoms with E-state index in [1.165, 1.54) is 10.8 Å². The second-order valence-electron chi connectivity index (χ2n) is 6.44. The molecule has 114 valence electrons. The van der Waals surface area contributed by atoms with Gasteiger partial charge in [0.1, 0.15) is 0 Å². The fourth-order valence-electron chi connectivity index (χ4n) is 1.50. The minimum Gasteiger partial charge on any atom is -0.343 e. The molecule has 0 aliphatic rings. The zero-order valence-electron chi connectivity index (χ0n) is 12.6. The van der Waals surface area contributed by atoms with Crippen molar-refractivity contribution in [2.45, 2.75) is 58.0 Å². The minimum atomic E-state index is -0.255. The standard InChI is InChI=1S/C13H29N3OS2/c1-12(2,14)6-8-16(9-7-13(3,4)15)11(17)5-10-19-18/h18H,5-10,14-15H2,1-4H3. The van der Waals surface area contributed by atoms with Crippen LogP contribution in [0.5, 0.6) is 0 Å². The van der Waals surface area contributed by atoms with E-state index in [1.807, 2.05) is 32.6 Å². The number of amides is 1. The molecule has 0 spiro atoms. The van der Waals surface area contributed by atoms with Gasteiger partial charge in [0.25, 0.3) is 0 Å². The van der Waals surface area contributed by atoms with Gasteiger partial charge in [-0.05, 0) is 40.5 Å². The highest BCUT2D eigenvalue weighted by Crippen LogP contribution is 2.13. The van der Waals surface area contributed by atoms with Gasteiger partial charge in [0, 0.05) is 36.3 Å². The van der Waals surface area contributed by atoms with Crippen LogP contribution in [0.25, 0.3) is 0 Å². The lowest BCUT2D eigenvalue weighted by Crippen LogP contribution is -2.43. The maximum Gasteiger partial charge on any atom is 0.223 e. The van der Waals surface area contributed by atoms with Crippen molar-refractivity contribution < 1.29 is 4.79 Å². The van der Waals surface area contributed by atoms with Gasteiger partial charge in [-0.15, -0.1) is 11.7 Å². The summed E-state index contributed by atoms with van der Waals surface area (Å²) in [5, 5.41) is 0. The highest BCUT2D eigenvalue weighted by Gasteiger charge is 2.20. The van der Waals surface area contributed by atoms with Gasteiger partial charge < -0.3 is 16.4 Å². The van der Waals surface area contributed by atoms with Crippen molar-refractivity contribution >= 4 is 28.4 Å². The SMILES string of the molecule is CC(C)(N)CCN(CCC(C)(C)N)C(=O)CCSS. The molecule has 0 saturated carbocycles. The van der Waals surface area contributed by atoms with Crippen molar-refractivity contribution in [1.82, 2.24) is 4.90 Å². The van der Waals surface area contributed by atoms with Crippen molar-refractivity contribution in [3.63, 3.8) is 0 Å². The molecule has 4 N–H and O–H groups in total. The first-order valence-corrected chi connectivity index (χ1v) is 8.71. The topological polar surface area (TPSA) is 72.3 Å². The molecule has 0 saturated heterocycles. The van der Waals surface area contributed by atoms with Gasteiger partial charge >= 0.3 is 0 Å². The first-order valence-electron chi connectivity index (χ1n) is 6.67. The summed E-state index contributed by atoms with van der Waals surface area (Å²) in [6.45, 7) is 9.29. The molecule has 0 fully saturated rings. The molecule has 0 bridgehead atoms. The Labute approximate surface area is 126 Å². The highest BCUT2D eigenvalue weighted by atomic mass is 33.1. The number of carbonyl (C=O) groups is 1. The van der Waals surface area contributed by atoms with Gasteiger partial charge in [0.15, 0.2) is 0 Å². The predicted octanol–water partition coefficient (Wildman–Crippen LogP) is 2.04. The summed E-state index contributed by atoms with van der Waals surface area (Å²) >= 11 is 4.07. The Bertz CT molecular complexity index is 254.